The minimum Gasteiger partial charge on any atom is -0.311 e. The minimum absolute atomic E-state index is 0.550. The molecule has 0 bridgehead atoms. The van der Waals surface area contributed by atoms with Gasteiger partial charge in [-0.25, -0.2) is 0 Å². The van der Waals surface area contributed by atoms with Crippen LogP contribution in [0.3, 0.4) is 0 Å². The van der Waals surface area contributed by atoms with Gasteiger partial charge in [0.25, 0.3) is 0 Å². The molecule has 1 heteroatoms. The van der Waals surface area contributed by atoms with Crippen molar-refractivity contribution in [3.8, 4) is 0 Å². The van der Waals surface area contributed by atoms with Gasteiger partial charge in [-0.1, -0.05) is 34.6 Å². The number of rotatable bonds is 2. The molecule has 2 aliphatic carbocycles. The van der Waals surface area contributed by atoms with E-state index >= 15 is 0 Å². The number of hydrogen-bond donors (Lipinski definition) is 1. The van der Waals surface area contributed by atoms with E-state index in [2.05, 4.69) is 39.9 Å². The van der Waals surface area contributed by atoms with Crippen LogP contribution in [0, 0.1) is 16.7 Å². The van der Waals surface area contributed by atoms with Gasteiger partial charge in [0.2, 0.25) is 0 Å². The second-order valence-corrected chi connectivity index (χ2v) is 7.52. The zero-order chi connectivity index (χ0) is 11.3. The Morgan fingerprint density at radius 1 is 1.00 bits per heavy atom. The van der Waals surface area contributed by atoms with E-state index < -0.39 is 0 Å². The van der Waals surface area contributed by atoms with E-state index in [1.54, 1.807) is 0 Å². The summed E-state index contributed by atoms with van der Waals surface area (Å²) in [6.45, 7) is 12.0. The maximum atomic E-state index is 3.87. The van der Waals surface area contributed by atoms with E-state index in [-0.39, 0.29) is 0 Å². The van der Waals surface area contributed by atoms with Gasteiger partial charge < -0.3 is 5.32 Å². The topological polar surface area (TPSA) is 12.0 Å². The summed E-state index contributed by atoms with van der Waals surface area (Å²) in [5.74, 6) is 0.896. The van der Waals surface area contributed by atoms with Crippen LogP contribution in [0.2, 0.25) is 0 Å². The fraction of sp³-hybridized carbons (Fsp3) is 1.00. The number of nitrogens with one attached hydrogen (secondary N) is 1. The Balaban J connectivity index is 1.88. The average molecular weight is 209 g/mol. The first-order valence-corrected chi connectivity index (χ1v) is 6.55. The van der Waals surface area contributed by atoms with E-state index in [0.29, 0.717) is 10.8 Å². The summed E-state index contributed by atoms with van der Waals surface area (Å²) < 4.78 is 0. The Hall–Kier alpha value is -0.0400. The standard InChI is InChI=1S/C14H27N/c1-10-6-11(8-13(2,3)7-10)15-12-9-14(12,4)5/h10-12,15H,6-9H2,1-5H3. The molecule has 2 saturated carbocycles. The fourth-order valence-corrected chi connectivity index (χ4v) is 3.51. The van der Waals surface area contributed by atoms with Crippen LogP contribution in [0.25, 0.3) is 0 Å². The third-order valence-electron chi connectivity index (χ3n) is 4.34. The van der Waals surface area contributed by atoms with E-state index in [4.69, 9.17) is 0 Å². The van der Waals surface area contributed by atoms with Crippen molar-refractivity contribution in [1.29, 1.82) is 0 Å². The van der Waals surface area contributed by atoms with Gasteiger partial charge in [-0.2, -0.15) is 0 Å². The highest BCUT2D eigenvalue weighted by Crippen LogP contribution is 2.46. The van der Waals surface area contributed by atoms with Gasteiger partial charge in [-0.3, -0.25) is 0 Å². The van der Waals surface area contributed by atoms with E-state index in [9.17, 15) is 0 Å². The van der Waals surface area contributed by atoms with Crippen molar-refractivity contribution in [1.82, 2.24) is 5.32 Å². The van der Waals surface area contributed by atoms with Crippen LogP contribution in [0.5, 0.6) is 0 Å². The summed E-state index contributed by atoms with van der Waals surface area (Å²) >= 11 is 0. The van der Waals surface area contributed by atoms with Gasteiger partial charge in [-0.05, 0) is 42.4 Å². The molecule has 0 saturated heterocycles. The van der Waals surface area contributed by atoms with Gasteiger partial charge in [0.15, 0.2) is 0 Å². The molecule has 0 heterocycles. The van der Waals surface area contributed by atoms with Crippen molar-refractivity contribution in [2.24, 2.45) is 16.7 Å². The molecule has 0 aromatic heterocycles. The molecule has 2 rings (SSSR count). The molecule has 0 amide bonds. The molecule has 2 aliphatic rings. The molecule has 0 aromatic rings. The van der Waals surface area contributed by atoms with Crippen molar-refractivity contribution < 1.29 is 0 Å². The van der Waals surface area contributed by atoms with E-state index in [1.807, 2.05) is 0 Å². The minimum atomic E-state index is 0.550. The first-order chi connectivity index (χ1) is 6.78. The van der Waals surface area contributed by atoms with Crippen molar-refractivity contribution >= 4 is 0 Å². The molecule has 0 spiro atoms. The highest BCUT2D eigenvalue weighted by Gasteiger charge is 2.47. The van der Waals surface area contributed by atoms with Crippen LogP contribution < -0.4 is 5.32 Å². The quantitative estimate of drug-likeness (QED) is 0.733. The summed E-state index contributed by atoms with van der Waals surface area (Å²) in [5, 5.41) is 3.87. The molecule has 1 nitrogen and oxygen atoms in total. The van der Waals surface area contributed by atoms with Gasteiger partial charge in [-0.15, -0.1) is 0 Å². The van der Waals surface area contributed by atoms with Crippen LogP contribution in [-0.2, 0) is 0 Å². The van der Waals surface area contributed by atoms with Crippen LogP contribution in [-0.4, -0.2) is 12.1 Å². The van der Waals surface area contributed by atoms with Crippen molar-refractivity contribution in [3.05, 3.63) is 0 Å². The largest absolute Gasteiger partial charge is 0.311 e. The zero-order valence-corrected chi connectivity index (χ0v) is 11.1. The Bertz CT molecular complexity index is 242. The SMILES string of the molecule is CC1CC(NC2CC2(C)C)CC(C)(C)C1. The lowest BCUT2D eigenvalue weighted by atomic mass is 9.70. The molecule has 3 unspecified atom stereocenters. The summed E-state index contributed by atoms with van der Waals surface area (Å²) in [7, 11) is 0. The molecule has 88 valence electrons. The van der Waals surface area contributed by atoms with Crippen LogP contribution in [0.4, 0.5) is 0 Å². The van der Waals surface area contributed by atoms with E-state index in [1.165, 1.54) is 25.7 Å². The molecule has 0 aliphatic heterocycles. The third-order valence-corrected chi connectivity index (χ3v) is 4.34. The highest BCUT2D eigenvalue weighted by atomic mass is 15.0. The Morgan fingerprint density at radius 3 is 2.07 bits per heavy atom. The maximum Gasteiger partial charge on any atom is 0.0127 e. The van der Waals surface area contributed by atoms with Crippen molar-refractivity contribution in [2.75, 3.05) is 0 Å². The molecular weight excluding hydrogens is 182 g/mol. The Labute approximate surface area is 95.0 Å². The zero-order valence-electron chi connectivity index (χ0n) is 11.1. The van der Waals surface area contributed by atoms with Crippen molar-refractivity contribution in [3.63, 3.8) is 0 Å². The van der Waals surface area contributed by atoms with Gasteiger partial charge in [0, 0.05) is 12.1 Å². The second-order valence-electron chi connectivity index (χ2n) is 7.52. The first kappa shape index (κ1) is 11.4. The Kier molecular flexibility index (Phi) is 2.65. The van der Waals surface area contributed by atoms with Gasteiger partial charge >= 0.3 is 0 Å². The van der Waals surface area contributed by atoms with Crippen molar-refractivity contribution in [2.45, 2.75) is 72.4 Å². The monoisotopic (exact) mass is 209 g/mol. The molecule has 1 N–H and O–H groups in total. The summed E-state index contributed by atoms with van der Waals surface area (Å²) in [6, 6.07) is 1.57. The summed E-state index contributed by atoms with van der Waals surface area (Å²) in [5.41, 5.74) is 1.12. The predicted molar refractivity (Wildman–Crippen MR) is 65.9 cm³/mol. The average Bonchev–Trinajstić information content (AvgIpc) is 2.52. The highest BCUT2D eigenvalue weighted by molar-refractivity contribution is 5.03. The van der Waals surface area contributed by atoms with E-state index in [0.717, 1.165) is 18.0 Å². The summed E-state index contributed by atoms with van der Waals surface area (Å²) in [6.07, 6.45) is 5.53. The van der Waals surface area contributed by atoms with Crippen LogP contribution in [0.15, 0.2) is 0 Å². The first-order valence-electron chi connectivity index (χ1n) is 6.55. The Morgan fingerprint density at radius 2 is 1.60 bits per heavy atom. The fourth-order valence-electron chi connectivity index (χ4n) is 3.51. The number of hydrogen-bond acceptors (Lipinski definition) is 1. The normalized spacial score (nSPS) is 42.6. The molecule has 0 aromatic carbocycles. The predicted octanol–water partition coefficient (Wildman–Crippen LogP) is 3.59. The maximum absolute atomic E-state index is 3.87. The van der Waals surface area contributed by atoms with Gasteiger partial charge in [0.1, 0.15) is 0 Å². The second kappa shape index (κ2) is 3.48. The molecule has 2 fully saturated rings. The molecular formula is C14H27N. The third kappa shape index (κ3) is 2.75. The molecule has 3 atom stereocenters. The lowest BCUT2D eigenvalue weighted by Gasteiger charge is -2.39. The lowest BCUT2D eigenvalue weighted by Crippen LogP contribution is -2.42. The summed E-state index contributed by atoms with van der Waals surface area (Å²) in [4.78, 5) is 0. The lowest BCUT2D eigenvalue weighted by molar-refractivity contribution is 0.148. The molecule has 15 heavy (non-hydrogen) atoms. The smallest absolute Gasteiger partial charge is 0.0127 e. The van der Waals surface area contributed by atoms with Crippen LogP contribution in [0.1, 0.15) is 60.3 Å². The van der Waals surface area contributed by atoms with Crippen LogP contribution >= 0.6 is 0 Å². The van der Waals surface area contributed by atoms with Gasteiger partial charge in [0.05, 0.1) is 0 Å². The molecule has 0 radical (unpaired) electrons.